The molecule has 0 atom stereocenters. The third-order valence-corrected chi connectivity index (χ3v) is 2.67. The summed E-state index contributed by atoms with van der Waals surface area (Å²) in [7, 11) is 0. The molecule has 0 amide bonds. The van der Waals surface area contributed by atoms with Crippen molar-refractivity contribution in [3.63, 3.8) is 0 Å². The van der Waals surface area contributed by atoms with Crippen LogP contribution in [0.25, 0.3) is 0 Å². The number of hydrogen-bond acceptors (Lipinski definition) is 3. The second-order valence-electron chi connectivity index (χ2n) is 3.91. The first-order valence-corrected chi connectivity index (χ1v) is 5.55. The van der Waals surface area contributed by atoms with Gasteiger partial charge in [0.05, 0.1) is 5.69 Å². The molecule has 0 bridgehead atoms. The zero-order valence-corrected chi connectivity index (χ0v) is 9.94. The number of nitrogens with zero attached hydrogens (tertiary/aromatic N) is 2. The van der Waals surface area contributed by atoms with Crippen LogP contribution in [0.15, 0.2) is 36.5 Å². The quantitative estimate of drug-likeness (QED) is 0.898. The number of benzene rings is 1. The van der Waals surface area contributed by atoms with Gasteiger partial charge in [-0.05, 0) is 24.6 Å². The van der Waals surface area contributed by atoms with Crippen molar-refractivity contribution in [1.82, 2.24) is 4.98 Å². The van der Waals surface area contributed by atoms with Crippen LogP contribution in [-0.4, -0.2) is 4.98 Å². The summed E-state index contributed by atoms with van der Waals surface area (Å²) in [5, 5.41) is 11.9. The molecular weight excluding hydrogens is 229 g/mol. The molecule has 1 aromatic carbocycles. The zero-order valence-electron chi connectivity index (χ0n) is 9.94. The van der Waals surface area contributed by atoms with E-state index < -0.39 is 0 Å². The Hall–Kier alpha value is -2.41. The van der Waals surface area contributed by atoms with E-state index >= 15 is 0 Å². The van der Waals surface area contributed by atoms with E-state index in [2.05, 4.69) is 10.3 Å². The largest absolute Gasteiger partial charge is 0.378 e. The van der Waals surface area contributed by atoms with Crippen molar-refractivity contribution in [2.45, 2.75) is 13.5 Å². The Morgan fingerprint density at radius 1 is 1.33 bits per heavy atom. The molecule has 2 aromatic rings. The van der Waals surface area contributed by atoms with Crippen LogP contribution in [-0.2, 0) is 6.54 Å². The molecule has 0 fully saturated rings. The van der Waals surface area contributed by atoms with E-state index in [0.29, 0.717) is 17.9 Å². The molecule has 1 heterocycles. The highest BCUT2D eigenvalue weighted by Gasteiger charge is 2.06. The Morgan fingerprint density at radius 3 is 2.89 bits per heavy atom. The molecule has 0 radical (unpaired) electrons. The van der Waals surface area contributed by atoms with Gasteiger partial charge in [0.25, 0.3) is 0 Å². The van der Waals surface area contributed by atoms with Crippen LogP contribution >= 0.6 is 0 Å². The van der Waals surface area contributed by atoms with Crippen LogP contribution in [0, 0.1) is 24.1 Å². The molecule has 4 heteroatoms. The van der Waals surface area contributed by atoms with E-state index in [1.165, 1.54) is 6.07 Å². The SMILES string of the molecule is Cc1cccc(F)c1NCc1cccnc1C#N. The standard InChI is InChI=1S/C14H12FN3/c1-10-4-2-6-12(15)14(10)18-9-11-5-3-7-17-13(11)8-16/h2-7,18H,9H2,1H3. The van der Waals surface area contributed by atoms with Crippen LogP contribution in [0.2, 0.25) is 0 Å². The van der Waals surface area contributed by atoms with Gasteiger partial charge in [0, 0.05) is 18.3 Å². The van der Waals surface area contributed by atoms with Crippen molar-refractivity contribution in [1.29, 1.82) is 5.26 Å². The zero-order chi connectivity index (χ0) is 13.0. The maximum atomic E-state index is 13.6. The molecule has 0 aliphatic rings. The number of hydrogen-bond donors (Lipinski definition) is 1. The van der Waals surface area contributed by atoms with Gasteiger partial charge in [-0.25, -0.2) is 9.37 Å². The number of rotatable bonds is 3. The van der Waals surface area contributed by atoms with Crippen molar-refractivity contribution in [2.75, 3.05) is 5.32 Å². The van der Waals surface area contributed by atoms with Gasteiger partial charge in [-0.1, -0.05) is 18.2 Å². The number of aromatic nitrogens is 1. The first kappa shape index (κ1) is 12.1. The van der Waals surface area contributed by atoms with Crippen molar-refractivity contribution in [3.05, 3.63) is 59.2 Å². The molecule has 2 rings (SSSR count). The van der Waals surface area contributed by atoms with Gasteiger partial charge in [-0.15, -0.1) is 0 Å². The molecule has 18 heavy (non-hydrogen) atoms. The Balaban J connectivity index is 2.20. The van der Waals surface area contributed by atoms with Crippen LogP contribution in [0.3, 0.4) is 0 Å². The number of aryl methyl sites for hydroxylation is 1. The van der Waals surface area contributed by atoms with Crippen molar-refractivity contribution in [3.8, 4) is 6.07 Å². The predicted molar refractivity (Wildman–Crippen MR) is 67.4 cm³/mol. The van der Waals surface area contributed by atoms with E-state index in [1.807, 2.05) is 19.1 Å². The van der Waals surface area contributed by atoms with E-state index in [9.17, 15) is 4.39 Å². The predicted octanol–water partition coefficient (Wildman–Crippen LogP) is 3.01. The molecule has 0 saturated carbocycles. The van der Waals surface area contributed by atoms with E-state index in [4.69, 9.17) is 5.26 Å². The third-order valence-electron chi connectivity index (χ3n) is 2.67. The Bertz CT molecular complexity index is 582. The van der Waals surface area contributed by atoms with Gasteiger partial charge >= 0.3 is 0 Å². The average molecular weight is 241 g/mol. The summed E-state index contributed by atoms with van der Waals surface area (Å²) in [6, 6.07) is 10.5. The fraction of sp³-hybridized carbons (Fsp3) is 0.143. The first-order chi connectivity index (χ1) is 8.72. The van der Waals surface area contributed by atoms with Crippen molar-refractivity contribution in [2.24, 2.45) is 0 Å². The molecule has 90 valence electrons. The highest BCUT2D eigenvalue weighted by atomic mass is 19.1. The molecule has 0 saturated heterocycles. The number of pyridine rings is 1. The van der Waals surface area contributed by atoms with Crippen molar-refractivity contribution >= 4 is 5.69 Å². The summed E-state index contributed by atoms with van der Waals surface area (Å²) < 4.78 is 13.6. The van der Waals surface area contributed by atoms with Gasteiger partial charge in [0.1, 0.15) is 17.6 Å². The van der Waals surface area contributed by atoms with Gasteiger partial charge < -0.3 is 5.32 Å². The molecule has 0 unspecified atom stereocenters. The minimum absolute atomic E-state index is 0.294. The highest BCUT2D eigenvalue weighted by molar-refractivity contribution is 5.52. The topological polar surface area (TPSA) is 48.7 Å². The Kier molecular flexibility index (Phi) is 3.54. The molecule has 0 aliphatic carbocycles. The fourth-order valence-corrected chi connectivity index (χ4v) is 1.72. The monoisotopic (exact) mass is 241 g/mol. The molecule has 0 spiro atoms. The normalized spacial score (nSPS) is 9.83. The van der Waals surface area contributed by atoms with Gasteiger partial charge in [-0.2, -0.15) is 5.26 Å². The lowest BCUT2D eigenvalue weighted by molar-refractivity contribution is 0.629. The maximum Gasteiger partial charge on any atom is 0.146 e. The van der Waals surface area contributed by atoms with Crippen LogP contribution in [0.5, 0.6) is 0 Å². The van der Waals surface area contributed by atoms with Gasteiger partial charge in [0.2, 0.25) is 0 Å². The Labute approximate surface area is 105 Å². The summed E-state index contributed by atoms with van der Waals surface area (Å²) in [4.78, 5) is 3.96. The second-order valence-corrected chi connectivity index (χ2v) is 3.91. The molecule has 0 aliphatic heterocycles. The summed E-state index contributed by atoms with van der Waals surface area (Å²) in [6.45, 7) is 2.21. The maximum absolute atomic E-state index is 13.6. The molecular formula is C14H12FN3. The van der Waals surface area contributed by atoms with Crippen LogP contribution < -0.4 is 5.32 Å². The lowest BCUT2D eigenvalue weighted by Crippen LogP contribution is -2.05. The van der Waals surface area contributed by atoms with Crippen LogP contribution in [0.4, 0.5) is 10.1 Å². The van der Waals surface area contributed by atoms with Gasteiger partial charge in [0.15, 0.2) is 0 Å². The highest BCUT2D eigenvalue weighted by Crippen LogP contribution is 2.19. The molecule has 1 N–H and O–H groups in total. The molecule has 3 nitrogen and oxygen atoms in total. The average Bonchev–Trinajstić information content (AvgIpc) is 2.38. The number of nitriles is 1. The van der Waals surface area contributed by atoms with E-state index in [0.717, 1.165) is 11.1 Å². The van der Waals surface area contributed by atoms with Gasteiger partial charge in [-0.3, -0.25) is 0 Å². The smallest absolute Gasteiger partial charge is 0.146 e. The first-order valence-electron chi connectivity index (χ1n) is 5.55. The lowest BCUT2D eigenvalue weighted by Gasteiger charge is -2.10. The Morgan fingerprint density at radius 2 is 2.17 bits per heavy atom. The second kappa shape index (κ2) is 5.28. The summed E-state index contributed by atoms with van der Waals surface area (Å²) >= 11 is 0. The number of para-hydroxylation sites is 1. The minimum atomic E-state index is -0.294. The number of anilines is 1. The summed E-state index contributed by atoms with van der Waals surface area (Å²) in [5.74, 6) is -0.294. The third kappa shape index (κ3) is 2.46. The van der Waals surface area contributed by atoms with E-state index in [1.54, 1.807) is 24.4 Å². The van der Waals surface area contributed by atoms with E-state index in [-0.39, 0.29) is 5.82 Å². The number of halogens is 1. The molecule has 1 aromatic heterocycles. The van der Waals surface area contributed by atoms with Crippen molar-refractivity contribution < 1.29 is 4.39 Å². The summed E-state index contributed by atoms with van der Waals surface area (Å²) in [5.41, 5.74) is 2.41. The fourth-order valence-electron chi connectivity index (χ4n) is 1.72. The van der Waals surface area contributed by atoms with Crippen LogP contribution in [0.1, 0.15) is 16.8 Å². The lowest BCUT2D eigenvalue weighted by atomic mass is 10.1. The number of nitrogens with one attached hydrogen (secondary N) is 1. The minimum Gasteiger partial charge on any atom is -0.378 e. The summed E-state index contributed by atoms with van der Waals surface area (Å²) in [6.07, 6.45) is 1.57.